The molecule has 3 rings (SSSR count). The van der Waals surface area contributed by atoms with Gasteiger partial charge in [-0.25, -0.2) is 9.78 Å². The number of rotatable bonds is 2. The molecule has 0 fully saturated rings. The largest absolute Gasteiger partial charge is 0.477 e. The van der Waals surface area contributed by atoms with Crippen molar-refractivity contribution in [2.45, 2.75) is 6.54 Å². The zero-order valence-corrected chi connectivity index (χ0v) is 8.30. The number of carboxylic acids is 1. The molecule has 1 aliphatic rings. The van der Waals surface area contributed by atoms with E-state index in [-0.39, 0.29) is 5.69 Å². The SMILES string of the molecule is O=C(O)c1cnc(-c2ccc3n2CCO3)[nH]1. The minimum absolute atomic E-state index is 0.0875. The van der Waals surface area contributed by atoms with Gasteiger partial charge >= 0.3 is 5.97 Å². The predicted octanol–water partition coefficient (Wildman–Crippen LogP) is 0.969. The zero-order valence-electron chi connectivity index (χ0n) is 8.30. The van der Waals surface area contributed by atoms with Crippen LogP contribution in [0, 0.1) is 0 Å². The molecular weight excluding hydrogens is 210 g/mol. The van der Waals surface area contributed by atoms with Crippen molar-refractivity contribution in [3.8, 4) is 17.4 Å². The summed E-state index contributed by atoms with van der Waals surface area (Å²) in [5.41, 5.74) is 0.935. The van der Waals surface area contributed by atoms with Gasteiger partial charge in [0.2, 0.25) is 0 Å². The first kappa shape index (κ1) is 9.02. The second kappa shape index (κ2) is 3.13. The molecule has 0 saturated carbocycles. The standard InChI is InChI=1S/C10H9N3O3/c14-10(15)6-5-11-9(12-6)7-1-2-8-13(7)3-4-16-8/h1-2,5H,3-4H2,(H,11,12)(H,14,15). The molecule has 0 saturated heterocycles. The van der Waals surface area contributed by atoms with Crippen molar-refractivity contribution in [1.82, 2.24) is 14.5 Å². The number of nitrogens with zero attached hydrogens (tertiary/aromatic N) is 2. The van der Waals surface area contributed by atoms with Crippen LogP contribution in [-0.2, 0) is 6.54 Å². The normalized spacial score (nSPS) is 13.5. The third kappa shape index (κ3) is 1.19. The van der Waals surface area contributed by atoms with Gasteiger partial charge in [-0.3, -0.25) is 0 Å². The molecule has 6 heteroatoms. The predicted molar refractivity (Wildman–Crippen MR) is 54.5 cm³/mol. The van der Waals surface area contributed by atoms with Gasteiger partial charge in [-0.05, 0) is 6.07 Å². The van der Waals surface area contributed by atoms with E-state index in [9.17, 15) is 4.79 Å². The van der Waals surface area contributed by atoms with E-state index in [2.05, 4.69) is 9.97 Å². The van der Waals surface area contributed by atoms with Crippen LogP contribution in [0.15, 0.2) is 18.3 Å². The molecule has 2 aromatic heterocycles. The van der Waals surface area contributed by atoms with E-state index in [0.717, 1.165) is 18.1 Å². The summed E-state index contributed by atoms with van der Waals surface area (Å²) in [5, 5.41) is 8.79. The number of aromatic amines is 1. The minimum Gasteiger partial charge on any atom is -0.477 e. The molecule has 82 valence electrons. The Morgan fingerprint density at radius 1 is 1.56 bits per heavy atom. The Balaban J connectivity index is 2.05. The van der Waals surface area contributed by atoms with E-state index in [4.69, 9.17) is 9.84 Å². The third-order valence-corrected chi connectivity index (χ3v) is 2.55. The Labute approximate surface area is 90.5 Å². The summed E-state index contributed by atoms with van der Waals surface area (Å²) in [6.45, 7) is 1.41. The number of aromatic carboxylic acids is 1. The highest BCUT2D eigenvalue weighted by Crippen LogP contribution is 2.27. The van der Waals surface area contributed by atoms with Crippen LogP contribution in [0.1, 0.15) is 10.5 Å². The molecule has 0 bridgehead atoms. The highest BCUT2D eigenvalue weighted by atomic mass is 16.5. The fraction of sp³-hybridized carbons (Fsp3) is 0.200. The van der Waals surface area contributed by atoms with Crippen LogP contribution in [0.3, 0.4) is 0 Å². The Kier molecular flexibility index (Phi) is 1.76. The van der Waals surface area contributed by atoms with Crippen LogP contribution < -0.4 is 4.74 Å². The molecule has 2 N–H and O–H groups in total. The van der Waals surface area contributed by atoms with E-state index in [0.29, 0.717) is 12.4 Å². The summed E-state index contributed by atoms with van der Waals surface area (Å²) in [4.78, 5) is 17.5. The number of fused-ring (bicyclic) bond motifs is 1. The molecule has 0 unspecified atom stereocenters. The van der Waals surface area contributed by atoms with E-state index in [1.165, 1.54) is 6.20 Å². The molecule has 2 aromatic rings. The van der Waals surface area contributed by atoms with Gasteiger partial charge in [0.05, 0.1) is 18.4 Å². The first-order valence-corrected chi connectivity index (χ1v) is 4.87. The van der Waals surface area contributed by atoms with Gasteiger partial charge in [0.15, 0.2) is 11.7 Å². The van der Waals surface area contributed by atoms with Gasteiger partial charge in [0, 0.05) is 6.07 Å². The minimum atomic E-state index is -1.01. The lowest BCUT2D eigenvalue weighted by molar-refractivity contribution is 0.0691. The quantitative estimate of drug-likeness (QED) is 0.788. The van der Waals surface area contributed by atoms with Crippen LogP contribution in [-0.4, -0.2) is 32.2 Å². The van der Waals surface area contributed by atoms with Crippen molar-refractivity contribution < 1.29 is 14.6 Å². The maximum atomic E-state index is 10.7. The lowest BCUT2D eigenvalue weighted by Gasteiger charge is -1.99. The number of hydrogen-bond donors (Lipinski definition) is 2. The van der Waals surface area contributed by atoms with Gasteiger partial charge in [0.25, 0.3) is 0 Å². The van der Waals surface area contributed by atoms with Crippen molar-refractivity contribution in [1.29, 1.82) is 0 Å². The molecule has 3 heterocycles. The average Bonchev–Trinajstić information content (AvgIpc) is 2.92. The maximum absolute atomic E-state index is 10.7. The van der Waals surface area contributed by atoms with Crippen LogP contribution >= 0.6 is 0 Å². The fourth-order valence-electron chi connectivity index (χ4n) is 1.81. The first-order valence-electron chi connectivity index (χ1n) is 4.87. The summed E-state index contributed by atoms with van der Waals surface area (Å²) in [6.07, 6.45) is 1.31. The lowest BCUT2D eigenvalue weighted by atomic mass is 10.4. The van der Waals surface area contributed by atoms with E-state index in [1.807, 2.05) is 16.7 Å². The Morgan fingerprint density at radius 3 is 3.19 bits per heavy atom. The van der Waals surface area contributed by atoms with E-state index in [1.54, 1.807) is 0 Å². The second-order valence-corrected chi connectivity index (χ2v) is 3.51. The lowest BCUT2D eigenvalue weighted by Crippen LogP contribution is -1.98. The highest BCUT2D eigenvalue weighted by molar-refractivity contribution is 5.85. The average molecular weight is 219 g/mol. The van der Waals surface area contributed by atoms with Crippen LogP contribution in [0.5, 0.6) is 5.88 Å². The van der Waals surface area contributed by atoms with Crippen molar-refractivity contribution in [3.05, 3.63) is 24.0 Å². The second-order valence-electron chi connectivity index (χ2n) is 3.51. The number of ether oxygens (including phenoxy) is 1. The molecule has 1 aliphatic heterocycles. The van der Waals surface area contributed by atoms with Gasteiger partial charge in [-0.1, -0.05) is 0 Å². The molecule has 6 nitrogen and oxygen atoms in total. The Bertz CT molecular complexity index is 555. The van der Waals surface area contributed by atoms with Crippen LogP contribution in [0.4, 0.5) is 0 Å². The molecule has 0 aromatic carbocycles. The smallest absolute Gasteiger partial charge is 0.353 e. The van der Waals surface area contributed by atoms with Crippen LogP contribution in [0.25, 0.3) is 11.5 Å². The van der Waals surface area contributed by atoms with Crippen molar-refractivity contribution >= 4 is 5.97 Å². The van der Waals surface area contributed by atoms with Gasteiger partial charge in [0.1, 0.15) is 12.3 Å². The van der Waals surface area contributed by atoms with Gasteiger partial charge in [-0.2, -0.15) is 0 Å². The number of hydrogen-bond acceptors (Lipinski definition) is 3. The molecule has 0 radical (unpaired) electrons. The van der Waals surface area contributed by atoms with Crippen LogP contribution in [0.2, 0.25) is 0 Å². The Hall–Kier alpha value is -2.24. The molecule has 16 heavy (non-hydrogen) atoms. The summed E-state index contributed by atoms with van der Waals surface area (Å²) < 4.78 is 7.32. The maximum Gasteiger partial charge on any atom is 0.353 e. The number of carbonyl (C=O) groups is 1. The monoisotopic (exact) mass is 219 g/mol. The fourth-order valence-corrected chi connectivity index (χ4v) is 1.81. The highest BCUT2D eigenvalue weighted by Gasteiger charge is 2.18. The van der Waals surface area contributed by atoms with E-state index >= 15 is 0 Å². The van der Waals surface area contributed by atoms with Crippen molar-refractivity contribution in [3.63, 3.8) is 0 Å². The number of H-pyrrole nitrogens is 1. The molecule has 0 spiro atoms. The van der Waals surface area contributed by atoms with E-state index < -0.39 is 5.97 Å². The first-order chi connectivity index (χ1) is 7.75. The number of aromatic nitrogens is 3. The van der Waals surface area contributed by atoms with Gasteiger partial charge < -0.3 is 19.4 Å². The molecule has 0 amide bonds. The van der Waals surface area contributed by atoms with Gasteiger partial charge in [-0.15, -0.1) is 0 Å². The summed E-state index contributed by atoms with van der Waals surface area (Å²) in [5.74, 6) is 0.334. The Morgan fingerprint density at radius 2 is 2.44 bits per heavy atom. The molecule has 0 atom stereocenters. The summed E-state index contributed by atoms with van der Waals surface area (Å²) in [7, 11) is 0. The zero-order chi connectivity index (χ0) is 11.1. The summed E-state index contributed by atoms with van der Waals surface area (Å²) >= 11 is 0. The summed E-state index contributed by atoms with van der Waals surface area (Å²) in [6, 6.07) is 3.71. The third-order valence-electron chi connectivity index (χ3n) is 2.55. The molecule has 0 aliphatic carbocycles. The number of carboxylic acid groups (broad SMARTS) is 1. The van der Waals surface area contributed by atoms with Crippen molar-refractivity contribution in [2.75, 3.05) is 6.61 Å². The number of nitrogens with one attached hydrogen (secondary N) is 1. The van der Waals surface area contributed by atoms with Crippen molar-refractivity contribution in [2.24, 2.45) is 0 Å². The molecular formula is C10H9N3O3. The topological polar surface area (TPSA) is 80.1 Å². The number of imidazole rings is 1.